The molecule has 11 N–H and O–H groups in total. The Labute approximate surface area is 344 Å². The number of hydrogen-bond acceptors (Lipinski definition) is 14. The zero-order valence-electron chi connectivity index (χ0n) is 33.9. The van der Waals surface area contributed by atoms with E-state index in [4.69, 9.17) is 29.4 Å². The van der Waals surface area contributed by atoms with Crippen molar-refractivity contribution in [3.05, 3.63) is 58.7 Å². The Bertz CT molecular complexity index is 1630. The van der Waals surface area contributed by atoms with Crippen LogP contribution in [0.15, 0.2) is 63.7 Å². The predicted molar refractivity (Wildman–Crippen MR) is 210 cm³/mol. The molecule has 0 amide bonds. The van der Waals surface area contributed by atoms with Gasteiger partial charge in [0.2, 0.25) is 12.1 Å². The Balaban J connectivity index is 1.61. The van der Waals surface area contributed by atoms with Crippen LogP contribution in [-0.4, -0.2) is 142 Å². The number of carbonyl (C=O) groups is 2. The molecule has 2 aliphatic carbocycles. The predicted octanol–water partition coefficient (Wildman–Crippen LogP) is -0.639. The lowest BCUT2D eigenvalue weighted by Crippen LogP contribution is -3.09. The first-order chi connectivity index (χ1) is 28.3. The van der Waals surface area contributed by atoms with Crippen LogP contribution in [0.1, 0.15) is 78.1 Å². The van der Waals surface area contributed by atoms with Gasteiger partial charge in [0.05, 0.1) is 48.3 Å². The largest absolute Gasteiger partial charge is 0.478 e. The van der Waals surface area contributed by atoms with Crippen LogP contribution in [0.25, 0.3) is 0 Å². The van der Waals surface area contributed by atoms with E-state index in [1.165, 1.54) is 6.26 Å². The topological polar surface area (TPSA) is 277 Å². The molecule has 3 fully saturated rings. The number of aliphatic imine (C=N–C) groups is 1. The summed E-state index contributed by atoms with van der Waals surface area (Å²) >= 11 is 0. The quantitative estimate of drug-likeness (QED) is 0.0218. The summed E-state index contributed by atoms with van der Waals surface area (Å²) in [4.78, 5) is 31.7. The number of carbonyl (C=O) groups excluding carboxylic acids is 1. The number of aliphatic hydroxyl groups is 6. The van der Waals surface area contributed by atoms with Gasteiger partial charge in [0.25, 0.3) is 0 Å². The van der Waals surface area contributed by atoms with E-state index in [-0.39, 0.29) is 61.8 Å². The molecule has 3 aliphatic heterocycles. The van der Waals surface area contributed by atoms with Crippen molar-refractivity contribution in [3.63, 3.8) is 0 Å². The maximum atomic E-state index is 14.1. The van der Waals surface area contributed by atoms with Gasteiger partial charge in [0.1, 0.15) is 43.2 Å². The third-order valence-electron chi connectivity index (χ3n) is 11.2. The van der Waals surface area contributed by atoms with E-state index < -0.39 is 73.2 Å². The minimum absolute atomic E-state index is 0.0159. The second kappa shape index (κ2) is 21.7. The number of aliphatic carboxylic acids is 1. The summed E-state index contributed by atoms with van der Waals surface area (Å²) in [7, 11) is 0. The van der Waals surface area contributed by atoms with Gasteiger partial charge in [-0.15, -0.1) is 0 Å². The fourth-order valence-corrected chi connectivity index (χ4v) is 8.12. The van der Waals surface area contributed by atoms with Crippen LogP contribution >= 0.6 is 0 Å². The smallest absolute Gasteiger partial charge is 0.339 e. The number of nitrogens with one attached hydrogen (secondary N) is 2. The Hall–Kier alpha value is -3.69. The number of carboxylic acid groups (broad SMARTS) is 1. The molecule has 0 aromatic rings. The van der Waals surface area contributed by atoms with Crippen LogP contribution in [0.4, 0.5) is 0 Å². The first-order valence-electron chi connectivity index (χ1n) is 20.7. The van der Waals surface area contributed by atoms with Crippen molar-refractivity contribution in [2.75, 3.05) is 39.5 Å². The lowest BCUT2D eigenvalue weighted by atomic mass is 9.80. The van der Waals surface area contributed by atoms with Crippen molar-refractivity contribution >= 4 is 17.9 Å². The maximum Gasteiger partial charge on any atom is 0.339 e. The zero-order valence-corrected chi connectivity index (χ0v) is 33.9. The Kier molecular flexibility index (Phi) is 17.1. The number of guanidine groups is 1. The number of quaternary nitrogens is 1. The normalized spacial score (nSPS) is 30.6. The molecule has 330 valence electrons. The van der Waals surface area contributed by atoms with E-state index >= 15 is 0 Å². The molecule has 5 rings (SSSR count). The molecule has 8 atom stereocenters. The van der Waals surface area contributed by atoms with Crippen molar-refractivity contribution < 1.29 is 73.9 Å². The fourth-order valence-electron chi connectivity index (χ4n) is 8.12. The molecule has 5 aliphatic rings. The first-order valence-corrected chi connectivity index (χ1v) is 20.7. The van der Waals surface area contributed by atoms with Gasteiger partial charge in [-0.1, -0.05) is 30.2 Å². The molecule has 1 saturated heterocycles. The summed E-state index contributed by atoms with van der Waals surface area (Å²) in [5, 5.41) is 75.4. The van der Waals surface area contributed by atoms with E-state index in [2.05, 4.69) is 10.3 Å². The molecule has 18 heteroatoms. The highest BCUT2D eigenvalue weighted by Gasteiger charge is 2.57. The van der Waals surface area contributed by atoms with Crippen molar-refractivity contribution in [1.29, 1.82) is 0 Å². The molecule has 0 spiro atoms. The van der Waals surface area contributed by atoms with Gasteiger partial charge < -0.3 is 75.4 Å². The third-order valence-corrected chi connectivity index (χ3v) is 11.2. The van der Waals surface area contributed by atoms with Gasteiger partial charge in [-0.05, 0) is 71.6 Å². The lowest BCUT2D eigenvalue weighted by Gasteiger charge is -2.48. The average Bonchev–Trinajstić information content (AvgIpc) is 3.71. The minimum atomic E-state index is -2.91. The Morgan fingerprint density at radius 2 is 1.81 bits per heavy atom. The number of allylic oxidation sites excluding steroid dienone is 3. The van der Waals surface area contributed by atoms with Crippen molar-refractivity contribution in [2.45, 2.75) is 127 Å². The minimum Gasteiger partial charge on any atom is -0.478 e. The molecule has 59 heavy (non-hydrogen) atoms. The number of hydrogen-bond donors (Lipinski definition) is 10. The van der Waals surface area contributed by atoms with Gasteiger partial charge >= 0.3 is 11.9 Å². The van der Waals surface area contributed by atoms with Crippen LogP contribution in [0, 0.1) is 11.8 Å². The van der Waals surface area contributed by atoms with E-state index in [0.717, 1.165) is 50.5 Å². The van der Waals surface area contributed by atoms with Gasteiger partial charge in [-0.2, -0.15) is 0 Å². The molecule has 0 bridgehead atoms. The maximum absolute atomic E-state index is 14.1. The highest BCUT2D eigenvalue weighted by Crippen LogP contribution is 2.41. The number of aliphatic hydroxyl groups excluding tert-OH is 4. The van der Waals surface area contributed by atoms with Crippen LogP contribution in [0.3, 0.4) is 0 Å². The SMILES string of the molecule is CC(C)O[C@H]1[C@H](O[C@@H]2OC=C(C(=O)OC3CCCC3)[C@@H](/C=C/C3=C[NH+](CCO)CC(C(=O)O)=C3NC(N)=NCCCO)[C@H]2C=C2CCCCC2)O[C@H](CO)[C@@H](O)C1(O)O. The molecule has 0 aromatic heterocycles. The van der Waals surface area contributed by atoms with E-state index in [1.807, 2.05) is 6.08 Å². The number of nitrogens with two attached hydrogens (primary N) is 1. The van der Waals surface area contributed by atoms with E-state index in [9.17, 15) is 45.3 Å². The monoisotopic (exact) mass is 835 g/mol. The Morgan fingerprint density at radius 1 is 1.08 bits per heavy atom. The highest BCUT2D eigenvalue weighted by molar-refractivity contribution is 5.92. The lowest BCUT2D eigenvalue weighted by molar-refractivity contribution is -0.843. The molecular formula is C41H63N4O14+. The molecule has 3 heterocycles. The van der Waals surface area contributed by atoms with Gasteiger partial charge in [-0.3, -0.25) is 4.99 Å². The number of carboxylic acids is 1. The van der Waals surface area contributed by atoms with Gasteiger partial charge in [0, 0.05) is 19.1 Å². The molecule has 2 saturated carbocycles. The number of rotatable bonds is 17. The van der Waals surface area contributed by atoms with Crippen molar-refractivity contribution in [3.8, 4) is 0 Å². The summed E-state index contributed by atoms with van der Waals surface area (Å²) in [5.41, 5.74) is 7.94. The third kappa shape index (κ3) is 12.0. The number of nitrogens with zero attached hydrogens (tertiary/aromatic N) is 1. The fraction of sp³-hybridized carbons (Fsp3) is 0.683. The summed E-state index contributed by atoms with van der Waals surface area (Å²) in [6, 6.07) is 0. The standard InChI is InChI=1S/C41H62N4O14/c1-24(2)56-35-39(58-32(22-48)34(49)41(35,53)54)59-38-29(19-25-9-4-3-5-10-25)28(31(23-55-38)37(52)57-27-11-6-7-12-27)14-13-26-20-45(16-18-47)21-30(36(50)51)33(26)44-40(42)43-15-8-17-46/h13-14,19-20,23-24,27-29,32,34-35,38-39,46-49,53-54H,3-12,15-18,21-22H2,1-2H3,(H,50,51)(H3,42,43,44)/p+1/b14-13+/t28-,29+,32+,34+,35-,38-,39-/m0/s1. The molecule has 1 unspecified atom stereocenters. The van der Waals surface area contributed by atoms with E-state index in [1.54, 1.807) is 32.2 Å². The van der Waals surface area contributed by atoms with Crippen molar-refractivity contribution in [1.82, 2.24) is 5.32 Å². The molecule has 18 nitrogen and oxygen atoms in total. The Morgan fingerprint density at radius 3 is 2.46 bits per heavy atom. The second-order valence-corrected chi connectivity index (χ2v) is 16.0. The van der Waals surface area contributed by atoms with Crippen LogP contribution in [0.2, 0.25) is 0 Å². The first kappa shape index (κ1) is 46.4. The molecule has 0 aromatic carbocycles. The molecular weight excluding hydrogens is 772 g/mol. The number of esters is 1. The second-order valence-electron chi connectivity index (χ2n) is 16.0. The summed E-state index contributed by atoms with van der Waals surface area (Å²) in [5.74, 6) is -6.43. The van der Waals surface area contributed by atoms with Gasteiger partial charge in [-0.25, -0.2) is 9.59 Å². The van der Waals surface area contributed by atoms with E-state index in [0.29, 0.717) is 29.7 Å². The summed E-state index contributed by atoms with van der Waals surface area (Å²) in [6.45, 7) is 2.61. The average molecular weight is 836 g/mol. The van der Waals surface area contributed by atoms with Crippen molar-refractivity contribution in [2.24, 2.45) is 22.6 Å². The zero-order chi connectivity index (χ0) is 42.7. The summed E-state index contributed by atoms with van der Waals surface area (Å²) in [6.07, 6.45) is 7.68. The van der Waals surface area contributed by atoms with Crippen LogP contribution in [-0.2, 0) is 33.3 Å². The van der Waals surface area contributed by atoms with Gasteiger partial charge in [0.15, 0.2) is 18.4 Å². The van der Waals surface area contributed by atoms with Crippen LogP contribution in [0.5, 0.6) is 0 Å². The molecule has 0 radical (unpaired) electrons. The highest BCUT2D eigenvalue weighted by atomic mass is 16.8. The summed E-state index contributed by atoms with van der Waals surface area (Å²) < 4.78 is 30.4. The number of ether oxygens (including phenoxy) is 5. The van der Waals surface area contributed by atoms with Crippen LogP contribution < -0.4 is 16.0 Å².